The van der Waals surface area contributed by atoms with Gasteiger partial charge in [0.1, 0.15) is 0 Å². The molecule has 7 heteroatoms. The Morgan fingerprint density at radius 3 is 2.35 bits per heavy atom. The number of benzene rings is 1. The fourth-order valence-corrected chi connectivity index (χ4v) is 4.74. The topological polar surface area (TPSA) is 73.9 Å². The normalized spacial score (nSPS) is 25.3. The first-order valence-corrected chi connectivity index (χ1v) is 11.7. The van der Waals surface area contributed by atoms with Crippen LogP contribution < -0.4 is 10.6 Å². The van der Waals surface area contributed by atoms with Crippen molar-refractivity contribution in [3.05, 3.63) is 23.8 Å². The highest BCUT2D eigenvalue weighted by molar-refractivity contribution is 5.96. The van der Waals surface area contributed by atoms with Crippen LogP contribution in [0.3, 0.4) is 0 Å². The van der Waals surface area contributed by atoms with Gasteiger partial charge in [0.15, 0.2) is 0 Å². The van der Waals surface area contributed by atoms with Gasteiger partial charge in [0.25, 0.3) is 0 Å². The van der Waals surface area contributed by atoms with E-state index in [-0.39, 0.29) is 17.9 Å². The molecule has 31 heavy (non-hydrogen) atoms. The minimum atomic E-state index is -0.0548. The van der Waals surface area contributed by atoms with Gasteiger partial charge < -0.3 is 20.3 Å². The number of morpholine rings is 1. The van der Waals surface area contributed by atoms with Crippen LogP contribution in [0.5, 0.6) is 0 Å². The Labute approximate surface area is 185 Å². The molecule has 1 saturated carbocycles. The summed E-state index contributed by atoms with van der Waals surface area (Å²) in [5.41, 5.74) is 2.49. The summed E-state index contributed by atoms with van der Waals surface area (Å²) in [6.45, 7) is 10.9. The minimum absolute atomic E-state index is 0.0548. The first kappa shape index (κ1) is 22.1. The third-order valence-electron chi connectivity index (χ3n) is 6.61. The number of nitrogens with zero attached hydrogens (tertiary/aromatic N) is 2. The Morgan fingerprint density at radius 2 is 1.71 bits per heavy atom. The molecule has 2 N–H and O–H groups in total. The predicted octanol–water partition coefficient (Wildman–Crippen LogP) is 3.70. The number of carbonyl (C=O) groups is 2. The lowest BCUT2D eigenvalue weighted by Gasteiger charge is -2.39. The SMILES string of the molecule is Cc1ccc(NC(=O)C2CC2)cc1NC(=O)N1CCC(CN2CC(C)OC(C)C2)CC1. The van der Waals surface area contributed by atoms with E-state index in [2.05, 4.69) is 29.4 Å². The number of amides is 3. The molecule has 2 unspecified atom stereocenters. The van der Waals surface area contributed by atoms with Crippen LogP contribution in [0.2, 0.25) is 0 Å². The number of urea groups is 1. The fraction of sp³-hybridized carbons (Fsp3) is 0.667. The number of ether oxygens (including phenoxy) is 1. The Morgan fingerprint density at radius 1 is 1.03 bits per heavy atom. The van der Waals surface area contributed by atoms with Crippen molar-refractivity contribution in [1.82, 2.24) is 9.80 Å². The summed E-state index contributed by atoms with van der Waals surface area (Å²) in [7, 11) is 0. The molecule has 3 amide bonds. The molecule has 4 rings (SSSR count). The maximum Gasteiger partial charge on any atom is 0.321 e. The quantitative estimate of drug-likeness (QED) is 0.750. The van der Waals surface area contributed by atoms with Crippen molar-refractivity contribution in [1.29, 1.82) is 0 Å². The fourth-order valence-electron chi connectivity index (χ4n) is 4.74. The molecular formula is C24H36N4O3. The lowest BCUT2D eigenvalue weighted by atomic mass is 9.96. The molecule has 0 aromatic heterocycles. The summed E-state index contributed by atoms with van der Waals surface area (Å²) in [5, 5.41) is 6.01. The average Bonchev–Trinajstić information content (AvgIpc) is 3.56. The molecule has 2 atom stereocenters. The minimum Gasteiger partial charge on any atom is -0.373 e. The molecule has 3 fully saturated rings. The molecule has 1 aromatic carbocycles. The van der Waals surface area contributed by atoms with E-state index in [1.165, 1.54) is 0 Å². The van der Waals surface area contributed by atoms with Gasteiger partial charge in [-0.05, 0) is 70.1 Å². The average molecular weight is 429 g/mol. The van der Waals surface area contributed by atoms with Crippen LogP contribution in [0, 0.1) is 18.8 Å². The van der Waals surface area contributed by atoms with E-state index < -0.39 is 0 Å². The number of nitrogens with one attached hydrogen (secondary N) is 2. The monoisotopic (exact) mass is 428 g/mol. The molecule has 170 valence electrons. The summed E-state index contributed by atoms with van der Waals surface area (Å²) in [6, 6.07) is 5.64. The Bertz CT molecular complexity index is 792. The van der Waals surface area contributed by atoms with Crippen LogP contribution >= 0.6 is 0 Å². The van der Waals surface area contributed by atoms with Crippen molar-refractivity contribution >= 4 is 23.3 Å². The first-order valence-electron chi connectivity index (χ1n) is 11.7. The molecule has 2 aliphatic heterocycles. The molecule has 0 radical (unpaired) electrons. The zero-order chi connectivity index (χ0) is 22.0. The van der Waals surface area contributed by atoms with Gasteiger partial charge >= 0.3 is 6.03 Å². The Balaban J connectivity index is 1.26. The summed E-state index contributed by atoms with van der Waals surface area (Å²) in [4.78, 5) is 29.3. The van der Waals surface area contributed by atoms with Crippen LogP contribution in [0.25, 0.3) is 0 Å². The largest absolute Gasteiger partial charge is 0.373 e. The number of rotatable bonds is 5. The highest BCUT2D eigenvalue weighted by Gasteiger charge is 2.30. The van der Waals surface area contributed by atoms with Crippen LogP contribution in [0.15, 0.2) is 18.2 Å². The van der Waals surface area contributed by atoms with Crippen LogP contribution in [0.4, 0.5) is 16.2 Å². The first-order chi connectivity index (χ1) is 14.9. The second-order valence-corrected chi connectivity index (χ2v) is 9.63. The van der Waals surface area contributed by atoms with Crippen LogP contribution in [-0.2, 0) is 9.53 Å². The third kappa shape index (κ3) is 5.98. The van der Waals surface area contributed by atoms with E-state index in [0.717, 1.165) is 75.3 Å². The molecular weight excluding hydrogens is 392 g/mol. The highest BCUT2D eigenvalue weighted by Crippen LogP contribution is 2.31. The molecule has 2 saturated heterocycles. The number of aryl methyl sites for hydroxylation is 1. The van der Waals surface area contributed by atoms with E-state index in [1.54, 1.807) is 0 Å². The molecule has 1 aliphatic carbocycles. The van der Waals surface area contributed by atoms with Gasteiger partial charge in [0.2, 0.25) is 5.91 Å². The van der Waals surface area contributed by atoms with Crippen molar-refractivity contribution in [2.45, 2.75) is 58.7 Å². The number of likely N-dealkylation sites (tertiary alicyclic amines) is 1. The number of anilines is 2. The van der Waals surface area contributed by atoms with Gasteiger partial charge in [-0.2, -0.15) is 0 Å². The molecule has 0 bridgehead atoms. The van der Waals surface area contributed by atoms with E-state index in [1.807, 2.05) is 30.0 Å². The molecule has 7 nitrogen and oxygen atoms in total. The standard InChI is InChI=1S/C24H36N4O3/c1-16-4-7-21(25-23(29)20-5-6-20)12-22(16)26-24(30)28-10-8-19(9-11-28)15-27-13-17(2)31-18(3)14-27/h4,7,12,17-20H,5-6,8-11,13-15H2,1-3H3,(H,25,29)(H,26,30). The molecule has 0 spiro atoms. The van der Waals surface area contributed by atoms with E-state index >= 15 is 0 Å². The lowest BCUT2D eigenvalue weighted by molar-refractivity contribution is -0.117. The third-order valence-corrected chi connectivity index (χ3v) is 6.61. The van der Waals surface area contributed by atoms with Crippen molar-refractivity contribution in [2.75, 3.05) is 43.4 Å². The van der Waals surface area contributed by atoms with E-state index in [4.69, 9.17) is 4.74 Å². The van der Waals surface area contributed by atoms with Gasteiger partial charge in [-0.1, -0.05) is 6.07 Å². The summed E-state index contributed by atoms with van der Waals surface area (Å²) < 4.78 is 5.84. The van der Waals surface area contributed by atoms with Gasteiger partial charge in [-0.15, -0.1) is 0 Å². The summed E-state index contributed by atoms with van der Waals surface area (Å²) in [6.07, 6.45) is 4.60. The number of carbonyl (C=O) groups excluding carboxylic acids is 2. The second-order valence-electron chi connectivity index (χ2n) is 9.63. The van der Waals surface area contributed by atoms with Gasteiger partial charge in [0, 0.05) is 50.0 Å². The van der Waals surface area contributed by atoms with Crippen LogP contribution in [-0.4, -0.2) is 66.7 Å². The number of piperidine rings is 1. The van der Waals surface area contributed by atoms with Crippen molar-refractivity contribution in [2.24, 2.45) is 11.8 Å². The van der Waals surface area contributed by atoms with Gasteiger partial charge in [-0.3, -0.25) is 9.69 Å². The summed E-state index contributed by atoms with van der Waals surface area (Å²) >= 11 is 0. The highest BCUT2D eigenvalue weighted by atomic mass is 16.5. The van der Waals surface area contributed by atoms with Crippen molar-refractivity contribution < 1.29 is 14.3 Å². The zero-order valence-electron chi connectivity index (χ0n) is 19.0. The molecule has 2 heterocycles. The predicted molar refractivity (Wildman–Crippen MR) is 122 cm³/mol. The summed E-state index contributed by atoms with van der Waals surface area (Å²) in [5.74, 6) is 0.862. The Kier molecular flexibility index (Phi) is 6.82. The maximum atomic E-state index is 12.9. The van der Waals surface area contributed by atoms with E-state index in [9.17, 15) is 9.59 Å². The van der Waals surface area contributed by atoms with Crippen LogP contribution in [0.1, 0.15) is 45.1 Å². The van der Waals surface area contributed by atoms with E-state index in [0.29, 0.717) is 18.1 Å². The maximum absolute atomic E-state index is 12.9. The Hall–Kier alpha value is -2.12. The molecule has 3 aliphatic rings. The van der Waals surface area contributed by atoms with Gasteiger partial charge in [-0.25, -0.2) is 4.79 Å². The zero-order valence-corrected chi connectivity index (χ0v) is 19.0. The smallest absolute Gasteiger partial charge is 0.321 e. The number of hydrogen-bond donors (Lipinski definition) is 2. The van der Waals surface area contributed by atoms with Crippen molar-refractivity contribution in [3.8, 4) is 0 Å². The van der Waals surface area contributed by atoms with Crippen molar-refractivity contribution in [3.63, 3.8) is 0 Å². The lowest BCUT2D eigenvalue weighted by Crippen LogP contribution is -2.49. The number of hydrogen-bond acceptors (Lipinski definition) is 4. The molecule has 1 aromatic rings. The van der Waals surface area contributed by atoms with Gasteiger partial charge in [0.05, 0.1) is 12.2 Å². The second kappa shape index (κ2) is 9.57.